The Hall–Kier alpha value is -4.11. The normalized spacial score (nSPS) is 11.2. The number of rotatable bonds is 6. The molecule has 0 saturated heterocycles. The number of aromatic amines is 1. The summed E-state index contributed by atoms with van der Waals surface area (Å²) < 4.78 is 35.9. The van der Waals surface area contributed by atoms with Gasteiger partial charge >= 0.3 is 0 Å². The standard InChI is InChI=1S/C24H20N2O6S/c1-31-16-12-19-23(22(13-16)32-2)21(27)14-20(26-19)24(28)25-15-8-10-18(11-9-15)33(29,30)17-6-4-3-5-7-17/h3-14H,1-2H3,(H,25,28)(H,26,27). The number of hydrogen-bond donors (Lipinski definition) is 2. The molecule has 168 valence electrons. The summed E-state index contributed by atoms with van der Waals surface area (Å²) in [5.74, 6) is 0.227. The lowest BCUT2D eigenvalue weighted by Gasteiger charge is -2.11. The molecular formula is C24H20N2O6S. The molecule has 0 radical (unpaired) electrons. The van der Waals surface area contributed by atoms with Crippen molar-refractivity contribution in [3.05, 3.63) is 88.7 Å². The second kappa shape index (κ2) is 8.79. The van der Waals surface area contributed by atoms with E-state index in [0.29, 0.717) is 28.1 Å². The summed E-state index contributed by atoms with van der Waals surface area (Å²) in [6.07, 6.45) is 0. The van der Waals surface area contributed by atoms with E-state index in [1.165, 1.54) is 56.7 Å². The summed E-state index contributed by atoms with van der Waals surface area (Å²) in [6, 6.07) is 18.2. The quantitative estimate of drug-likeness (QED) is 0.450. The third-order valence-electron chi connectivity index (χ3n) is 5.04. The summed E-state index contributed by atoms with van der Waals surface area (Å²) >= 11 is 0. The lowest BCUT2D eigenvalue weighted by molar-refractivity contribution is 0.102. The van der Waals surface area contributed by atoms with E-state index in [9.17, 15) is 18.0 Å². The molecule has 0 bridgehead atoms. The molecule has 1 heterocycles. The van der Waals surface area contributed by atoms with Gasteiger partial charge in [-0.1, -0.05) is 18.2 Å². The highest BCUT2D eigenvalue weighted by atomic mass is 32.2. The molecule has 1 aromatic heterocycles. The first-order chi connectivity index (χ1) is 15.8. The van der Waals surface area contributed by atoms with Gasteiger partial charge in [-0.2, -0.15) is 0 Å². The van der Waals surface area contributed by atoms with Crippen LogP contribution in [-0.2, 0) is 9.84 Å². The van der Waals surface area contributed by atoms with Gasteiger partial charge in [0.1, 0.15) is 17.2 Å². The maximum atomic E-state index is 12.8. The first kappa shape index (κ1) is 22.1. The molecule has 2 N–H and O–H groups in total. The predicted molar refractivity (Wildman–Crippen MR) is 124 cm³/mol. The molecule has 0 fully saturated rings. The average Bonchev–Trinajstić information content (AvgIpc) is 2.83. The molecule has 0 unspecified atom stereocenters. The van der Waals surface area contributed by atoms with Crippen LogP contribution in [0, 0.1) is 0 Å². The zero-order chi connectivity index (χ0) is 23.6. The number of ether oxygens (including phenoxy) is 2. The van der Waals surface area contributed by atoms with E-state index >= 15 is 0 Å². The number of benzene rings is 3. The van der Waals surface area contributed by atoms with Crippen LogP contribution in [0.1, 0.15) is 10.5 Å². The largest absolute Gasteiger partial charge is 0.497 e. The topological polar surface area (TPSA) is 115 Å². The number of carbonyl (C=O) groups excluding carboxylic acids is 1. The van der Waals surface area contributed by atoms with Crippen molar-refractivity contribution in [3.63, 3.8) is 0 Å². The minimum atomic E-state index is -3.66. The molecule has 4 aromatic rings. The number of pyridine rings is 1. The number of amides is 1. The van der Waals surface area contributed by atoms with E-state index in [2.05, 4.69) is 10.3 Å². The Kier molecular flexibility index (Phi) is 5.89. The maximum Gasteiger partial charge on any atom is 0.272 e. The molecule has 0 atom stereocenters. The van der Waals surface area contributed by atoms with E-state index in [1.807, 2.05) is 0 Å². The lowest BCUT2D eigenvalue weighted by Crippen LogP contribution is -2.17. The highest BCUT2D eigenvalue weighted by molar-refractivity contribution is 7.91. The van der Waals surface area contributed by atoms with E-state index in [1.54, 1.807) is 30.3 Å². The Bertz CT molecular complexity index is 1490. The molecule has 33 heavy (non-hydrogen) atoms. The minimum absolute atomic E-state index is 0.0313. The highest BCUT2D eigenvalue weighted by Gasteiger charge is 2.18. The van der Waals surface area contributed by atoms with Crippen molar-refractivity contribution in [2.45, 2.75) is 9.79 Å². The van der Waals surface area contributed by atoms with E-state index < -0.39 is 21.2 Å². The molecule has 0 aliphatic carbocycles. The van der Waals surface area contributed by atoms with Crippen molar-refractivity contribution in [2.24, 2.45) is 0 Å². The number of carbonyl (C=O) groups is 1. The predicted octanol–water partition coefficient (Wildman–Crippen LogP) is 3.63. The second-order valence-electron chi connectivity index (χ2n) is 7.09. The Morgan fingerprint density at radius 1 is 0.879 bits per heavy atom. The molecule has 3 aromatic carbocycles. The van der Waals surface area contributed by atoms with E-state index in [-0.39, 0.29) is 15.5 Å². The summed E-state index contributed by atoms with van der Waals surface area (Å²) in [5.41, 5.74) is 0.394. The van der Waals surface area contributed by atoms with Gasteiger partial charge in [0.15, 0.2) is 5.43 Å². The van der Waals surface area contributed by atoms with Gasteiger partial charge in [0.05, 0.1) is 34.9 Å². The second-order valence-corrected chi connectivity index (χ2v) is 9.04. The van der Waals surface area contributed by atoms with Gasteiger partial charge in [-0.15, -0.1) is 0 Å². The van der Waals surface area contributed by atoms with Crippen molar-refractivity contribution in [1.82, 2.24) is 4.98 Å². The van der Waals surface area contributed by atoms with Crippen LogP contribution in [0.3, 0.4) is 0 Å². The summed E-state index contributed by atoms with van der Waals surface area (Å²) in [5, 5.41) is 2.96. The zero-order valence-corrected chi connectivity index (χ0v) is 18.6. The zero-order valence-electron chi connectivity index (χ0n) is 17.8. The van der Waals surface area contributed by atoms with E-state index in [0.717, 1.165) is 0 Å². The Balaban J connectivity index is 1.61. The van der Waals surface area contributed by atoms with Crippen LogP contribution in [0.15, 0.2) is 87.4 Å². The Labute approximate surface area is 189 Å². The summed E-state index contributed by atoms with van der Waals surface area (Å²) in [7, 11) is -0.740. The first-order valence-electron chi connectivity index (χ1n) is 9.84. The first-order valence-corrected chi connectivity index (χ1v) is 11.3. The van der Waals surface area contributed by atoms with Crippen LogP contribution in [0.5, 0.6) is 11.5 Å². The summed E-state index contributed by atoms with van der Waals surface area (Å²) in [4.78, 5) is 28.6. The van der Waals surface area contributed by atoms with Crippen LogP contribution in [0.25, 0.3) is 10.9 Å². The number of hydrogen-bond acceptors (Lipinski definition) is 6. The van der Waals surface area contributed by atoms with Gasteiger partial charge in [-0.25, -0.2) is 8.42 Å². The number of nitrogens with one attached hydrogen (secondary N) is 2. The maximum absolute atomic E-state index is 12.8. The molecule has 9 heteroatoms. The van der Waals surface area contributed by atoms with E-state index in [4.69, 9.17) is 9.47 Å². The minimum Gasteiger partial charge on any atom is -0.497 e. The Morgan fingerprint density at radius 2 is 1.55 bits per heavy atom. The fourth-order valence-electron chi connectivity index (χ4n) is 3.38. The van der Waals surface area contributed by atoms with Gasteiger partial charge in [0.25, 0.3) is 5.91 Å². The number of anilines is 1. The van der Waals surface area contributed by atoms with Crippen LogP contribution in [0.2, 0.25) is 0 Å². The van der Waals surface area contributed by atoms with Gasteiger partial charge < -0.3 is 19.8 Å². The molecule has 0 saturated carbocycles. The molecule has 0 spiro atoms. The smallest absolute Gasteiger partial charge is 0.272 e. The SMILES string of the molecule is COc1cc(OC)c2c(=O)cc(C(=O)Nc3ccc(S(=O)(=O)c4ccccc4)cc3)[nH]c2c1. The number of methoxy groups -OCH3 is 2. The molecule has 4 rings (SSSR count). The van der Waals surface area contributed by atoms with Gasteiger partial charge in [0.2, 0.25) is 9.84 Å². The monoisotopic (exact) mass is 464 g/mol. The molecule has 0 aliphatic heterocycles. The fraction of sp³-hybridized carbons (Fsp3) is 0.0833. The fourth-order valence-corrected chi connectivity index (χ4v) is 4.66. The van der Waals surface area contributed by atoms with Crippen molar-refractivity contribution in [2.75, 3.05) is 19.5 Å². The Morgan fingerprint density at radius 3 is 2.18 bits per heavy atom. The van der Waals surface area contributed by atoms with Crippen LogP contribution in [0.4, 0.5) is 5.69 Å². The third kappa shape index (κ3) is 4.31. The average molecular weight is 464 g/mol. The van der Waals surface area contributed by atoms with Crippen molar-refractivity contribution in [3.8, 4) is 11.5 Å². The van der Waals surface area contributed by atoms with Crippen molar-refractivity contribution in [1.29, 1.82) is 0 Å². The van der Waals surface area contributed by atoms with Crippen molar-refractivity contribution < 1.29 is 22.7 Å². The number of aromatic nitrogens is 1. The molecule has 1 amide bonds. The number of H-pyrrole nitrogens is 1. The molecule has 8 nitrogen and oxygen atoms in total. The molecule has 0 aliphatic rings. The number of sulfone groups is 1. The number of fused-ring (bicyclic) bond motifs is 1. The summed E-state index contributed by atoms with van der Waals surface area (Å²) in [6.45, 7) is 0. The van der Waals surface area contributed by atoms with Crippen LogP contribution < -0.4 is 20.2 Å². The van der Waals surface area contributed by atoms with Crippen LogP contribution >= 0.6 is 0 Å². The highest BCUT2D eigenvalue weighted by Crippen LogP contribution is 2.28. The molecular weight excluding hydrogens is 444 g/mol. The van der Waals surface area contributed by atoms with Gasteiger partial charge in [0, 0.05) is 23.9 Å². The van der Waals surface area contributed by atoms with Crippen molar-refractivity contribution >= 4 is 32.3 Å². The van der Waals surface area contributed by atoms with Gasteiger partial charge in [-0.05, 0) is 36.4 Å². The third-order valence-corrected chi connectivity index (χ3v) is 6.83. The van der Waals surface area contributed by atoms with Crippen LogP contribution in [-0.4, -0.2) is 33.5 Å². The van der Waals surface area contributed by atoms with Gasteiger partial charge in [-0.3, -0.25) is 9.59 Å². The lowest BCUT2D eigenvalue weighted by atomic mass is 10.1.